The van der Waals surface area contributed by atoms with Crippen molar-refractivity contribution in [2.75, 3.05) is 26.4 Å². The van der Waals surface area contributed by atoms with E-state index >= 15 is 0 Å². The average Bonchev–Trinajstić information content (AvgIpc) is 3.40. The molecule has 75 heavy (non-hydrogen) atoms. The van der Waals surface area contributed by atoms with E-state index in [1.807, 2.05) is 12.2 Å². The Kier molecular flexibility index (Phi) is 57.2. The second kappa shape index (κ2) is 59.9. The van der Waals surface area contributed by atoms with E-state index in [1.165, 1.54) is 141 Å². The maximum atomic E-state index is 12.7. The van der Waals surface area contributed by atoms with Crippen LogP contribution in [0.15, 0.2) is 109 Å². The maximum absolute atomic E-state index is 12.7. The monoisotopic (exact) mass is 1070 g/mol. The lowest BCUT2D eigenvalue weighted by molar-refractivity contribution is -0.161. The summed E-state index contributed by atoms with van der Waals surface area (Å²) in [5.74, 6) is -0.920. The minimum Gasteiger partial charge on any atom is -0.462 e. The molecule has 0 aliphatic carbocycles. The smallest absolute Gasteiger partial charge is 0.462 e. The van der Waals surface area contributed by atoms with Crippen LogP contribution in [0.5, 0.6) is 0 Å². The first-order valence-corrected chi connectivity index (χ1v) is 31.9. The molecule has 0 heterocycles. The molecule has 0 aromatic carbocycles. The van der Waals surface area contributed by atoms with Crippen molar-refractivity contribution in [1.82, 2.24) is 0 Å². The fraction of sp³-hybridized carbons (Fsp3) is 0.692. The molecule has 0 spiro atoms. The third kappa shape index (κ3) is 59.8. The predicted octanol–water partition coefficient (Wildman–Crippen LogP) is 19.4. The van der Waals surface area contributed by atoms with Gasteiger partial charge in [0.25, 0.3) is 0 Å². The van der Waals surface area contributed by atoms with Gasteiger partial charge in [-0.15, -0.1) is 0 Å². The van der Waals surface area contributed by atoms with E-state index in [9.17, 15) is 19.0 Å². The Morgan fingerprint density at radius 3 is 1.08 bits per heavy atom. The summed E-state index contributed by atoms with van der Waals surface area (Å²) in [6.45, 7) is 3.43. The van der Waals surface area contributed by atoms with Gasteiger partial charge in [-0.25, -0.2) is 4.57 Å². The molecule has 9 nitrogen and oxygen atoms in total. The minimum absolute atomic E-state index is 0.0419. The number of phosphoric ester groups is 1. The zero-order chi connectivity index (χ0) is 54.5. The number of nitrogens with two attached hydrogens (primary N) is 1. The number of carbonyl (C=O) groups is 2. The third-order valence-corrected chi connectivity index (χ3v) is 13.7. The fourth-order valence-electron chi connectivity index (χ4n) is 8.27. The Bertz CT molecular complexity index is 1590. The molecule has 0 fully saturated rings. The number of esters is 2. The molecular formula is C65H112NO8P. The first kappa shape index (κ1) is 71.7. The summed E-state index contributed by atoms with van der Waals surface area (Å²) in [5.41, 5.74) is 5.37. The summed E-state index contributed by atoms with van der Waals surface area (Å²) in [4.78, 5) is 35.0. The van der Waals surface area contributed by atoms with Crippen molar-refractivity contribution in [2.24, 2.45) is 5.73 Å². The van der Waals surface area contributed by atoms with Crippen molar-refractivity contribution in [3.8, 4) is 0 Å². The van der Waals surface area contributed by atoms with Crippen LogP contribution in [-0.2, 0) is 32.7 Å². The Labute approximate surface area is 460 Å². The highest BCUT2D eigenvalue weighted by atomic mass is 31.2. The number of carbonyl (C=O) groups excluding carboxylic acids is 2. The molecule has 0 saturated heterocycles. The molecular weight excluding hydrogens is 954 g/mol. The first-order chi connectivity index (χ1) is 36.8. The lowest BCUT2D eigenvalue weighted by Gasteiger charge is -2.19. The number of phosphoric acid groups is 1. The molecule has 430 valence electrons. The summed E-state index contributed by atoms with van der Waals surface area (Å²) in [6.07, 6.45) is 82.1. The molecule has 10 heteroatoms. The van der Waals surface area contributed by atoms with E-state index < -0.39 is 32.5 Å². The van der Waals surface area contributed by atoms with Gasteiger partial charge in [0, 0.05) is 19.4 Å². The number of unbranched alkanes of at least 4 members (excludes halogenated alkanes) is 25. The zero-order valence-corrected chi connectivity index (χ0v) is 48.9. The highest BCUT2D eigenvalue weighted by Crippen LogP contribution is 2.43. The van der Waals surface area contributed by atoms with Crippen LogP contribution in [-0.4, -0.2) is 49.3 Å². The van der Waals surface area contributed by atoms with Gasteiger partial charge in [0.05, 0.1) is 13.2 Å². The van der Waals surface area contributed by atoms with Gasteiger partial charge in [-0.05, 0) is 83.5 Å². The quantitative estimate of drug-likeness (QED) is 0.0264. The highest BCUT2D eigenvalue weighted by molar-refractivity contribution is 7.47. The number of rotatable bonds is 56. The largest absolute Gasteiger partial charge is 0.472 e. The van der Waals surface area contributed by atoms with Crippen LogP contribution in [0.3, 0.4) is 0 Å². The second-order valence-electron chi connectivity index (χ2n) is 19.8. The molecule has 3 N–H and O–H groups in total. The normalized spacial score (nSPS) is 13.8. The number of hydrogen-bond acceptors (Lipinski definition) is 8. The molecule has 0 saturated carbocycles. The van der Waals surface area contributed by atoms with Crippen molar-refractivity contribution in [2.45, 2.75) is 264 Å². The molecule has 0 aromatic rings. The van der Waals surface area contributed by atoms with Gasteiger partial charge >= 0.3 is 19.8 Å². The second-order valence-corrected chi connectivity index (χ2v) is 21.3. The van der Waals surface area contributed by atoms with Crippen molar-refractivity contribution in [1.29, 1.82) is 0 Å². The van der Waals surface area contributed by atoms with Gasteiger partial charge in [-0.3, -0.25) is 18.6 Å². The standard InChI is InChI=1S/C65H112NO8P/c1-3-5-7-9-11-13-15-17-18-19-20-21-22-23-24-25-26-27-28-29-30-31-32-33-34-35-36-37-38-39-40-41-42-43-44-46-48-50-52-54-56-58-65(68)74-63(62-73-75(69,70)72-60-59-66)61-71-64(67)57-55-53-51-49-47-45-16-14-12-10-8-6-4-2/h5-8,11-14,17-18,20-21,23-24,45,47,51,53,63H,3-4,9-10,15-16,19,22,25-44,46,48-50,52,54-62,66H2,1-2H3,(H,69,70)/b7-5-,8-6-,13-11-,14-12-,18-17-,21-20-,24-23-,47-45-,53-51-. The Morgan fingerprint density at radius 1 is 0.400 bits per heavy atom. The summed E-state index contributed by atoms with van der Waals surface area (Å²) >= 11 is 0. The number of hydrogen-bond donors (Lipinski definition) is 2. The van der Waals surface area contributed by atoms with Crippen LogP contribution in [0.4, 0.5) is 0 Å². The first-order valence-electron chi connectivity index (χ1n) is 30.4. The molecule has 0 aromatic heterocycles. The Morgan fingerprint density at radius 2 is 0.720 bits per heavy atom. The van der Waals surface area contributed by atoms with Crippen LogP contribution in [0.25, 0.3) is 0 Å². The van der Waals surface area contributed by atoms with Crippen molar-refractivity contribution < 1.29 is 37.6 Å². The van der Waals surface area contributed by atoms with Gasteiger partial charge in [-0.2, -0.15) is 0 Å². The molecule has 0 aliphatic heterocycles. The van der Waals surface area contributed by atoms with Gasteiger partial charge in [0.2, 0.25) is 0 Å². The Hall–Kier alpha value is -3.33. The summed E-state index contributed by atoms with van der Waals surface area (Å²) < 4.78 is 32.9. The van der Waals surface area contributed by atoms with Crippen molar-refractivity contribution in [3.05, 3.63) is 109 Å². The molecule has 2 atom stereocenters. The van der Waals surface area contributed by atoms with Gasteiger partial charge in [0.1, 0.15) is 6.61 Å². The maximum Gasteiger partial charge on any atom is 0.472 e. The molecule has 0 amide bonds. The summed E-state index contributed by atoms with van der Waals surface area (Å²) in [7, 11) is -4.40. The molecule has 0 aliphatic rings. The van der Waals surface area contributed by atoms with E-state index in [0.29, 0.717) is 12.8 Å². The van der Waals surface area contributed by atoms with Crippen LogP contribution in [0.1, 0.15) is 258 Å². The van der Waals surface area contributed by atoms with Crippen LogP contribution in [0.2, 0.25) is 0 Å². The van der Waals surface area contributed by atoms with Crippen LogP contribution in [0, 0.1) is 0 Å². The van der Waals surface area contributed by atoms with E-state index in [2.05, 4.69) is 111 Å². The van der Waals surface area contributed by atoms with Crippen molar-refractivity contribution in [3.63, 3.8) is 0 Å². The zero-order valence-electron chi connectivity index (χ0n) is 48.0. The average molecular weight is 1070 g/mol. The number of allylic oxidation sites excluding steroid dienone is 18. The van der Waals surface area contributed by atoms with Crippen LogP contribution < -0.4 is 5.73 Å². The summed E-state index contributed by atoms with van der Waals surface area (Å²) in [6, 6.07) is 0. The van der Waals surface area contributed by atoms with Gasteiger partial charge in [-0.1, -0.05) is 271 Å². The molecule has 0 rings (SSSR count). The number of ether oxygens (including phenoxy) is 2. The summed E-state index contributed by atoms with van der Waals surface area (Å²) in [5, 5.41) is 0. The van der Waals surface area contributed by atoms with Gasteiger partial charge in [0.15, 0.2) is 6.10 Å². The Balaban J connectivity index is 3.78. The molecule has 0 bridgehead atoms. The van der Waals surface area contributed by atoms with Crippen LogP contribution >= 0.6 is 7.82 Å². The molecule has 2 unspecified atom stereocenters. The third-order valence-electron chi connectivity index (χ3n) is 12.7. The minimum atomic E-state index is -4.40. The van der Waals surface area contributed by atoms with E-state index in [0.717, 1.165) is 77.0 Å². The van der Waals surface area contributed by atoms with E-state index in [4.69, 9.17) is 24.3 Å². The SMILES string of the molecule is CC/C=C\C/C=C\C/C=C\C/C=C\C/C=C\CCCCCCCCCCCCCCCCCCCCCCCCCCCC(=O)OC(COC(=O)CC/C=C\C/C=C\C/C=C\C/C=C\CC)COP(=O)(O)OCCN. The fourth-order valence-corrected chi connectivity index (χ4v) is 9.03. The van der Waals surface area contributed by atoms with Gasteiger partial charge < -0.3 is 20.1 Å². The van der Waals surface area contributed by atoms with E-state index in [-0.39, 0.29) is 32.6 Å². The lowest BCUT2D eigenvalue weighted by atomic mass is 10.0. The van der Waals surface area contributed by atoms with Crippen molar-refractivity contribution >= 4 is 19.8 Å². The topological polar surface area (TPSA) is 134 Å². The van der Waals surface area contributed by atoms with E-state index in [1.54, 1.807) is 0 Å². The predicted molar refractivity (Wildman–Crippen MR) is 321 cm³/mol. The lowest BCUT2D eigenvalue weighted by Crippen LogP contribution is -2.29. The highest BCUT2D eigenvalue weighted by Gasteiger charge is 2.26. The molecule has 0 radical (unpaired) electrons.